The Balaban J connectivity index is 1.55. The molecule has 10 heteroatoms. The fourth-order valence-corrected chi connectivity index (χ4v) is 4.55. The van der Waals surface area contributed by atoms with Crippen LogP contribution in [0.1, 0.15) is 38.8 Å². The van der Waals surface area contributed by atoms with Crippen molar-refractivity contribution in [1.82, 2.24) is 14.8 Å². The van der Waals surface area contributed by atoms with Crippen molar-refractivity contribution in [2.24, 2.45) is 4.99 Å². The molecule has 1 amide bonds. The first kappa shape index (κ1) is 27.7. The number of hydrogen-bond donors (Lipinski definition) is 2. The van der Waals surface area contributed by atoms with E-state index in [1.165, 1.54) is 0 Å². The molecular formula is C31H32N4O6. The average molecular weight is 557 g/mol. The number of aromatic hydroxyl groups is 1. The van der Waals surface area contributed by atoms with Crippen LogP contribution in [-0.2, 0) is 4.74 Å². The summed E-state index contributed by atoms with van der Waals surface area (Å²) in [7, 11) is 5.71. The van der Waals surface area contributed by atoms with Gasteiger partial charge in [-0.3, -0.25) is 4.79 Å². The summed E-state index contributed by atoms with van der Waals surface area (Å²) in [5, 5.41) is 11.7. The number of amides is 1. The number of aliphatic imine (C=N–C) groups is 1. The van der Waals surface area contributed by atoms with E-state index in [0.29, 0.717) is 62.6 Å². The van der Waals surface area contributed by atoms with Crippen LogP contribution in [0.5, 0.6) is 17.4 Å². The molecule has 0 unspecified atom stereocenters. The van der Waals surface area contributed by atoms with E-state index < -0.39 is 5.97 Å². The number of aromatic amines is 1. The highest BCUT2D eigenvalue weighted by molar-refractivity contribution is 6.22. The number of carbonyl (C=O) groups is 2. The van der Waals surface area contributed by atoms with Gasteiger partial charge >= 0.3 is 5.97 Å². The van der Waals surface area contributed by atoms with Gasteiger partial charge in [0.2, 0.25) is 6.79 Å². The fourth-order valence-electron chi connectivity index (χ4n) is 4.55. The number of nitrogens with zero attached hydrogens (tertiary/aromatic N) is 3. The van der Waals surface area contributed by atoms with Crippen LogP contribution >= 0.6 is 0 Å². The predicted molar refractivity (Wildman–Crippen MR) is 156 cm³/mol. The van der Waals surface area contributed by atoms with Crippen LogP contribution < -0.4 is 9.47 Å². The second kappa shape index (κ2) is 11.7. The summed E-state index contributed by atoms with van der Waals surface area (Å²) in [6.07, 6.45) is 0. The van der Waals surface area contributed by atoms with Gasteiger partial charge in [0.25, 0.3) is 5.91 Å². The summed E-state index contributed by atoms with van der Waals surface area (Å²) in [6, 6.07) is 17.5. The number of hydrogen-bond acceptors (Lipinski definition) is 8. The lowest BCUT2D eigenvalue weighted by Gasteiger charge is -2.19. The number of carbonyl (C=O) groups excluding carboxylic acids is 2. The minimum atomic E-state index is -0.448. The van der Waals surface area contributed by atoms with Crippen molar-refractivity contribution in [1.29, 1.82) is 0 Å². The molecule has 1 aliphatic rings. The number of rotatable bonds is 9. The van der Waals surface area contributed by atoms with Gasteiger partial charge < -0.3 is 34.1 Å². The van der Waals surface area contributed by atoms with Gasteiger partial charge in [0, 0.05) is 42.2 Å². The van der Waals surface area contributed by atoms with Crippen LogP contribution in [0.3, 0.4) is 0 Å². The van der Waals surface area contributed by atoms with Crippen molar-refractivity contribution in [2.75, 3.05) is 47.6 Å². The first-order chi connectivity index (χ1) is 19.7. The van der Waals surface area contributed by atoms with Crippen LogP contribution in [-0.4, -0.2) is 85.1 Å². The van der Waals surface area contributed by atoms with E-state index in [0.717, 1.165) is 6.54 Å². The third-order valence-electron chi connectivity index (χ3n) is 6.76. The van der Waals surface area contributed by atoms with Gasteiger partial charge in [0.1, 0.15) is 0 Å². The lowest BCUT2D eigenvalue weighted by molar-refractivity contribution is 0.0526. The number of nitrogens with one attached hydrogen (secondary N) is 1. The maximum Gasteiger partial charge on any atom is 0.338 e. The summed E-state index contributed by atoms with van der Waals surface area (Å²) in [5.74, 6) is 0.561. The molecule has 5 rings (SSSR count). The van der Waals surface area contributed by atoms with Crippen LogP contribution in [0.4, 0.5) is 5.69 Å². The monoisotopic (exact) mass is 556 g/mol. The summed E-state index contributed by atoms with van der Waals surface area (Å²) in [6.45, 7) is 3.50. The average Bonchev–Trinajstić information content (AvgIpc) is 3.57. The van der Waals surface area contributed by atoms with Crippen molar-refractivity contribution in [3.8, 4) is 17.4 Å². The Morgan fingerprint density at radius 3 is 2.37 bits per heavy atom. The zero-order chi connectivity index (χ0) is 29.1. The van der Waals surface area contributed by atoms with E-state index in [9.17, 15) is 14.7 Å². The first-order valence-corrected chi connectivity index (χ1v) is 13.3. The highest BCUT2D eigenvalue weighted by atomic mass is 16.7. The molecule has 1 aromatic heterocycles. The van der Waals surface area contributed by atoms with Gasteiger partial charge in [-0.05, 0) is 75.6 Å². The second-order valence-electron chi connectivity index (χ2n) is 9.93. The van der Waals surface area contributed by atoms with Gasteiger partial charge in [-0.25, -0.2) is 9.79 Å². The number of fused-ring (bicyclic) bond motifs is 2. The Morgan fingerprint density at radius 2 is 1.63 bits per heavy atom. The highest BCUT2D eigenvalue weighted by Gasteiger charge is 2.23. The summed E-state index contributed by atoms with van der Waals surface area (Å²) in [5.41, 5.74) is 3.67. The Bertz CT molecular complexity index is 1620. The van der Waals surface area contributed by atoms with Gasteiger partial charge in [-0.2, -0.15) is 0 Å². The van der Waals surface area contributed by atoms with Gasteiger partial charge in [0.15, 0.2) is 17.4 Å². The van der Waals surface area contributed by atoms with Crippen molar-refractivity contribution in [2.45, 2.75) is 6.92 Å². The van der Waals surface area contributed by atoms with E-state index in [-0.39, 0.29) is 25.2 Å². The Morgan fingerprint density at radius 1 is 0.927 bits per heavy atom. The van der Waals surface area contributed by atoms with E-state index >= 15 is 0 Å². The lowest BCUT2D eigenvalue weighted by atomic mass is 9.99. The molecule has 0 saturated heterocycles. The number of benzene rings is 3. The van der Waals surface area contributed by atoms with Gasteiger partial charge in [0.05, 0.1) is 29.1 Å². The number of esters is 1. The van der Waals surface area contributed by atoms with Crippen LogP contribution in [0.15, 0.2) is 65.7 Å². The Hall–Kier alpha value is -4.83. The largest absolute Gasteiger partial charge is 0.494 e. The molecule has 2 heterocycles. The van der Waals surface area contributed by atoms with Gasteiger partial charge in [-0.15, -0.1) is 0 Å². The minimum Gasteiger partial charge on any atom is -0.494 e. The van der Waals surface area contributed by atoms with Crippen molar-refractivity contribution >= 4 is 34.2 Å². The molecule has 0 aliphatic carbocycles. The number of aromatic nitrogens is 1. The summed E-state index contributed by atoms with van der Waals surface area (Å²) < 4.78 is 16.2. The molecule has 0 radical (unpaired) electrons. The Kier molecular flexibility index (Phi) is 7.93. The summed E-state index contributed by atoms with van der Waals surface area (Å²) in [4.78, 5) is 36.8. The zero-order valence-corrected chi connectivity index (χ0v) is 23.4. The number of H-pyrrole nitrogens is 1. The third-order valence-corrected chi connectivity index (χ3v) is 6.76. The van der Waals surface area contributed by atoms with Crippen LogP contribution in [0.2, 0.25) is 0 Å². The minimum absolute atomic E-state index is 0.0787. The molecular weight excluding hydrogens is 524 g/mol. The first-order valence-electron chi connectivity index (χ1n) is 13.3. The standard InChI is InChI=1S/C31H32N4O6/c1-5-39-31(38)21-8-12-23-24(16-21)33-29(36)27(23)28(20-9-13-25-26(17-20)41-18-40-25)32-22-10-6-19(7-11-22)30(37)35(4)15-14-34(2)3/h6-13,16-17,33,36H,5,14-15,18H2,1-4H3. The smallest absolute Gasteiger partial charge is 0.338 e. The highest BCUT2D eigenvalue weighted by Crippen LogP contribution is 2.37. The third kappa shape index (κ3) is 5.87. The molecule has 4 aromatic rings. The summed E-state index contributed by atoms with van der Waals surface area (Å²) >= 11 is 0. The van der Waals surface area contributed by atoms with Crippen LogP contribution in [0, 0.1) is 0 Å². The molecule has 1 aliphatic heterocycles. The quantitative estimate of drug-likeness (QED) is 0.229. The van der Waals surface area contributed by atoms with E-state index in [4.69, 9.17) is 19.2 Å². The molecule has 2 N–H and O–H groups in total. The fraction of sp³-hybridized carbons (Fsp3) is 0.258. The molecule has 0 saturated carbocycles. The zero-order valence-electron chi connectivity index (χ0n) is 23.4. The van der Waals surface area contributed by atoms with Crippen molar-refractivity contribution in [3.63, 3.8) is 0 Å². The molecule has 212 valence electrons. The van der Waals surface area contributed by atoms with E-state index in [1.807, 2.05) is 31.1 Å². The number of ether oxygens (including phenoxy) is 3. The molecule has 0 bridgehead atoms. The normalized spacial score (nSPS) is 12.7. The van der Waals surface area contributed by atoms with Gasteiger partial charge in [-0.1, -0.05) is 6.07 Å². The van der Waals surface area contributed by atoms with E-state index in [2.05, 4.69) is 4.98 Å². The molecule has 0 atom stereocenters. The second-order valence-corrected chi connectivity index (χ2v) is 9.93. The molecule has 10 nitrogen and oxygen atoms in total. The Labute approximate surface area is 237 Å². The molecule has 0 spiro atoms. The van der Waals surface area contributed by atoms with E-state index in [1.54, 1.807) is 67.4 Å². The number of likely N-dealkylation sites (N-methyl/N-ethyl adjacent to an activating group) is 2. The maximum atomic E-state index is 12.9. The topological polar surface area (TPSA) is 117 Å². The van der Waals surface area contributed by atoms with Crippen molar-refractivity contribution < 1.29 is 28.9 Å². The van der Waals surface area contributed by atoms with Crippen LogP contribution in [0.25, 0.3) is 10.9 Å². The molecule has 41 heavy (non-hydrogen) atoms. The maximum absolute atomic E-state index is 12.9. The molecule has 3 aromatic carbocycles. The van der Waals surface area contributed by atoms with Crippen molar-refractivity contribution in [3.05, 3.63) is 82.9 Å². The SMILES string of the molecule is CCOC(=O)c1ccc2c(C(=Nc3ccc(C(=O)N(C)CCN(C)C)cc3)c3ccc4c(c3)OCO4)c(O)[nH]c2c1. The predicted octanol–water partition coefficient (Wildman–Crippen LogP) is 4.58. The lowest BCUT2D eigenvalue weighted by Crippen LogP contribution is -2.33. The molecule has 0 fully saturated rings.